The van der Waals surface area contributed by atoms with Crippen molar-refractivity contribution in [2.24, 2.45) is 7.05 Å². The summed E-state index contributed by atoms with van der Waals surface area (Å²) in [5.41, 5.74) is 9.82. The molecule has 20 heavy (non-hydrogen) atoms. The summed E-state index contributed by atoms with van der Waals surface area (Å²) in [6.45, 7) is 2.73. The van der Waals surface area contributed by atoms with Crippen LogP contribution in [0.25, 0.3) is 11.2 Å². The smallest absolute Gasteiger partial charge is 0.202 e. The average Bonchev–Trinajstić information content (AvgIpc) is 2.90. The second kappa shape index (κ2) is 4.90. The lowest BCUT2D eigenvalue weighted by molar-refractivity contribution is 0.746. The Bertz CT molecular complexity index is 773. The van der Waals surface area contributed by atoms with E-state index >= 15 is 0 Å². The van der Waals surface area contributed by atoms with Crippen LogP contribution in [0.4, 0.5) is 5.95 Å². The van der Waals surface area contributed by atoms with E-state index in [-0.39, 0.29) is 0 Å². The van der Waals surface area contributed by atoms with Crippen LogP contribution in [-0.4, -0.2) is 24.3 Å². The van der Waals surface area contributed by atoms with Gasteiger partial charge in [0.2, 0.25) is 5.95 Å². The Kier molecular flexibility index (Phi) is 3.21. The molecule has 0 aromatic carbocycles. The van der Waals surface area contributed by atoms with Crippen molar-refractivity contribution in [1.82, 2.24) is 24.3 Å². The van der Waals surface area contributed by atoms with Crippen LogP contribution in [0.2, 0.25) is 0 Å². The van der Waals surface area contributed by atoms with Crippen molar-refractivity contribution in [1.29, 1.82) is 0 Å². The second-order valence-electron chi connectivity index (χ2n) is 4.68. The van der Waals surface area contributed by atoms with E-state index in [2.05, 4.69) is 37.9 Å². The molecule has 0 radical (unpaired) electrons. The highest BCUT2D eigenvalue weighted by Gasteiger charge is 2.13. The molecule has 104 valence electrons. The van der Waals surface area contributed by atoms with Gasteiger partial charge >= 0.3 is 0 Å². The number of nitrogen functional groups attached to an aromatic ring is 1. The standard InChI is InChI=1S/C13H15BrN6/c1-3-10-8(6-19(2)18-10)7-20-12-11(17-13(20)15)4-9(14)5-16-12/h4-6H,3,7H2,1-2H3,(H2,15,17). The molecule has 0 saturated carbocycles. The average molecular weight is 335 g/mol. The molecule has 3 aromatic rings. The zero-order valence-corrected chi connectivity index (χ0v) is 12.9. The quantitative estimate of drug-likeness (QED) is 0.796. The van der Waals surface area contributed by atoms with Crippen LogP contribution in [0.15, 0.2) is 22.9 Å². The van der Waals surface area contributed by atoms with Gasteiger partial charge in [-0.2, -0.15) is 5.10 Å². The van der Waals surface area contributed by atoms with Gasteiger partial charge in [-0.25, -0.2) is 9.97 Å². The van der Waals surface area contributed by atoms with E-state index in [1.165, 1.54) is 0 Å². The molecule has 0 amide bonds. The second-order valence-corrected chi connectivity index (χ2v) is 5.60. The van der Waals surface area contributed by atoms with Crippen molar-refractivity contribution in [3.05, 3.63) is 34.2 Å². The molecule has 0 atom stereocenters. The number of fused-ring (bicyclic) bond motifs is 1. The number of nitrogens with zero attached hydrogens (tertiary/aromatic N) is 5. The van der Waals surface area contributed by atoms with Gasteiger partial charge in [-0.15, -0.1) is 0 Å². The Morgan fingerprint density at radius 1 is 1.40 bits per heavy atom. The van der Waals surface area contributed by atoms with Gasteiger partial charge < -0.3 is 5.73 Å². The third-order valence-corrected chi connectivity index (χ3v) is 3.67. The third-order valence-electron chi connectivity index (χ3n) is 3.24. The number of imidazole rings is 1. The number of hydrogen-bond acceptors (Lipinski definition) is 4. The molecule has 3 aromatic heterocycles. The fourth-order valence-electron chi connectivity index (χ4n) is 2.34. The van der Waals surface area contributed by atoms with Crippen LogP contribution in [0.3, 0.4) is 0 Å². The fraction of sp³-hybridized carbons (Fsp3) is 0.308. The van der Waals surface area contributed by atoms with E-state index in [0.717, 1.165) is 33.3 Å². The van der Waals surface area contributed by atoms with E-state index in [1.807, 2.05) is 28.6 Å². The molecule has 0 unspecified atom stereocenters. The summed E-state index contributed by atoms with van der Waals surface area (Å²) in [6.07, 6.45) is 4.66. The van der Waals surface area contributed by atoms with Crippen molar-refractivity contribution in [2.45, 2.75) is 19.9 Å². The van der Waals surface area contributed by atoms with Crippen molar-refractivity contribution in [2.75, 3.05) is 5.73 Å². The van der Waals surface area contributed by atoms with E-state index in [1.54, 1.807) is 6.20 Å². The van der Waals surface area contributed by atoms with E-state index in [4.69, 9.17) is 5.73 Å². The van der Waals surface area contributed by atoms with E-state index in [0.29, 0.717) is 12.5 Å². The maximum absolute atomic E-state index is 6.02. The normalized spacial score (nSPS) is 11.3. The molecular formula is C13H15BrN6. The van der Waals surface area contributed by atoms with Crippen molar-refractivity contribution >= 4 is 33.0 Å². The van der Waals surface area contributed by atoms with E-state index in [9.17, 15) is 0 Å². The maximum Gasteiger partial charge on any atom is 0.202 e. The monoisotopic (exact) mass is 334 g/mol. The first-order valence-corrected chi connectivity index (χ1v) is 7.16. The lowest BCUT2D eigenvalue weighted by atomic mass is 10.2. The summed E-state index contributed by atoms with van der Waals surface area (Å²) in [7, 11) is 1.92. The largest absolute Gasteiger partial charge is 0.369 e. The van der Waals surface area contributed by atoms with Gasteiger partial charge in [0.05, 0.1) is 12.2 Å². The molecule has 0 spiro atoms. The number of anilines is 1. The van der Waals surface area contributed by atoms with Crippen LogP contribution >= 0.6 is 15.9 Å². The Balaban J connectivity index is 2.08. The number of halogens is 1. The lowest BCUT2D eigenvalue weighted by Gasteiger charge is -2.05. The minimum absolute atomic E-state index is 0.469. The number of nitrogens with two attached hydrogens (primary N) is 1. The van der Waals surface area contributed by atoms with Gasteiger partial charge in [-0.3, -0.25) is 9.25 Å². The molecule has 7 heteroatoms. The molecule has 6 nitrogen and oxygen atoms in total. The molecule has 0 fully saturated rings. The SMILES string of the molecule is CCc1nn(C)cc1Cn1c(N)nc2cc(Br)cnc21. The Labute approximate surface area is 124 Å². The number of pyridine rings is 1. The number of rotatable bonds is 3. The Morgan fingerprint density at radius 2 is 2.20 bits per heavy atom. The topological polar surface area (TPSA) is 74.5 Å². The summed E-state index contributed by atoms with van der Waals surface area (Å²) < 4.78 is 4.64. The molecule has 0 bridgehead atoms. The fourth-order valence-corrected chi connectivity index (χ4v) is 2.66. The Hall–Kier alpha value is -1.89. The molecule has 0 aliphatic heterocycles. The minimum atomic E-state index is 0.469. The summed E-state index contributed by atoms with van der Waals surface area (Å²) in [5, 5.41) is 4.45. The highest BCUT2D eigenvalue weighted by Crippen LogP contribution is 2.21. The Morgan fingerprint density at radius 3 is 2.95 bits per heavy atom. The molecule has 2 N–H and O–H groups in total. The predicted octanol–water partition coefficient (Wildman–Crippen LogP) is 2.12. The van der Waals surface area contributed by atoms with Crippen molar-refractivity contribution in [3.63, 3.8) is 0 Å². The van der Waals surface area contributed by atoms with Crippen molar-refractivity contribution < 1.29 is 0 Å². The van der Waals surface area contributed by atoms with Gasteiger partial charge in [0.15, 0.2) is 5.65 Å². The van der Waals surface area contributed by atoms with Gasteiger partial charge in [-0.1, -0.05) is 6.92 Å². The molecule has 0 saturated heterocycles. The zero-order chi connectivity index (χ0) is 14.3. The number of hydrogen-bond donors (Lipinski definition) is 1. The number of aryl methyl sites for hydroxylation is 2. The molecule has 0 aliphatic rings. The zero-order valence-electron chi connectivity index (χ0n) is 11.3. The lowest BCUT2D eigenvalue weighted by Crippen LogP contribution is -2.06. The maximum atomic E-state index is 6.02. The molecule has 3 heterocycles. The highest BCUT2D eigenvalue weighted by atomic mass is 79.9. The van der Waals surface area contributed by atoms with E-state index < -0.39 is 0 Å². The summed E-state index contributed by atoms with van der Waals surface area (Å²) in [6, 6.07) is 1.92. The van der Waals surface area contributed by atoms with Gasteiger partial charge in [0.1, 0.15) is 5.52 Å². The first-order chi connectivity index (χ1) is 9.58. The summed E-state index contributed by atoms with van der Waals surface area (Å²) >= 11 is 3.39. The van der Waals surface area contributed by atoms with Crippen LogP contribution < -0.4 is 5.73 Å². The number of aromatic nitrogens is 5. The van der Waals surface area contributed by atoms with Gasteiger partial charge in [0.25, 0.3) is 0 Å². The molecule has 3 rings (SSSR count). The van der Waals surface area contributed by atoms with Crippen LogP contribution in [0.1, 0.15) is 18.2 Å². The predicted molar refractivity (Wildman–Crippen MR) is 81.3 cm³/mol. The first kappa shape index (κ1) is 13.1. The van der Waals surface area contributed by atoms with Crippen LogP contribution in [-0.2, 0) is 20.0 Å². The third kappa shape index (κ3) is 2.18. The summed E-state index contributed by atoms with van der Waals surface area (Å²) in [5.74, 6) is 0.469. The van der Waals surface area contributed by atoms with Gasteiger partial charge in [0, 0.05) is 29.5 Å². The summed E-state index contributed by atoms with van der Waals surface area (Å²) in [4.78, 5) is 8.76. The van der Waals surface area contributed by atoms with Gasteiger partial charge in [-0.05, 0) is 28.4 Å². The van der Waals surface area contributed by atoms with Crippen molar-refractivity contribution in [3.8, 4) is 0 Å². The highest BCUT2D eigenvalue weighted by molar-refractivity contribution is 9.10. The first-order valence-electron chi connectivity index (χ1n) is 6.37. The molecular weight excluding hydrogens is 320 g/mol. The van der Waals surface area contributed by atoms with Crippen LogP contribution in [0.5, 0.6) is 0 Å². The van der Waals surface area contributed by atoms with Crippen LogP contribution in [0, 0.1) is 0 Å². The minimum Gasteiger partial charge on any atom is -0.369 e. The molecule has 0 aliphatic carbocycles.